The van der Waals surface area contributed by atoms with Gasteiger partial charge in [0.05, 0.1) is 5.52 Å². The highest BCUT2D eigenvalue weighted by atomic mass is 35.5. The zero-order valence-electron chi connectivity index (χ0n) is 11.3. The Balaban J connectivity index is 2.00. The largest absolute Gasteiger partial charge is 0.324 e. The number of benzene rings is 2. The number of pyridine rings is 1. The molecule has 2 nitrogen and oxygen atoms in total. The minimum atomic E-state index is -0.363. The molecule has 0 fully saturated rings. The van der Waals surface area contributed by atoms with Crippen LogP contribution in [0.15, 0.2) is 54.7 Å². The third-order valence-electron chi connectivity index (χ3n) is 3.55. The topological polar surface area (TPSA) is 38.9 Å². The molecule has 3 aromatic rings. The smallest absolute Gasteiger partial charge is 0.127 e. The fourth-order valence-electron chi connectivity index (χ4n) is 2.48. The number of aromatic nitrogens is 1. The molecule has 1 unspecified atom stereocenters. The third kappa shape index (κ3) is 2.75. The van der Waals surface area contributed by atoms with Crippen LogP contribution in [-0.4, -0.2) is 4.98 Å². The van der Waals surface area contributed by atoms with Gasteiger partial charge in [0, 0.05) is 28.2 Å². The number of nitrogens with two attached hydrogens (primary N) is 1. The lowest BCUT2D eigenvalue weighted by molar-refractivity contribution is 0.594. The molecule has 1 atom stereocenters. The predicted octanol–water partition coefficient (Wildman–Crippen LogP) is 4.27. The van der Waals surface area contributed by atoms with Crippen LogP contribution in [0.4, 0.5) is 4.39 Å². The molecule has 0 aliphatic carbocycles. The molecule has 2 N–H and O–H groups in total. The summed E-state index contributed by atoms with van der Waals surface area (Å²) in [6, 6.07) is 14.0. The van der Waals surface area contributed by atoms with Gasteiger partial charge in [0.15, 0.2) is 0 Å². The Bertz CT molecular complexity index is 763. The molecule has 0 bridgehead atoms. The summed E-state index contributed by atoms with van der Waals surface area (Å²) in [6.07, 6.45) is 2.07. The van der Waals surface area contributed by atoms with Gasteiger partial charge in [0.1, 0.15) is 5.82 Å². The molecule has 0 aliphatic rings. The summed E-state index contributed by atoms with van der Waals surface area (Å²) in [5, 5.41) is 1.42. The van der Waals surface area contributed by atoms with Crippen molar-refractivity contribution in [1.29, 1.82) is 0 Å². The molecule has 0 aliphatic heterocycles. The molecular weight excluding hydrogens is 287 g/mol. The van der Waals surface area contributed by atoms with E-state index in [-0.39, 0.29) is 11.9 Å². The second-order valence-corrected chi connectivity index (χ2v) is 5.34. The highest BCUT2D eigenvalue weighted by Gasteiger charge is 2.15. The molecule has 21 heavy (non-hydrogen) atoms. The van der Waals surface area contributed by atoms with Crippen LogP contribution < -0.4 is 5.73 Å². The molecule has 0 radical (unpaired) electrons. The Morgan fingerprint density at radius 1 is 1.10 bits per heavy atom. The van der Waals surface area contributed by atoms with Crippen LogP contribution in [-0.2, 0) is 6.42 Å². The maximum absolute atomic E-state index is 13.9. The predicted molar refractivity (Wildman–Crippen MR) is 83.8 cm³/mol. The van der Waals surface area contributed by atoms with Crippen LogP contribution >= 0.6 is 11.6 Å². The van der Waals surface area contributed by atoms with Crippen LogP contribution in [0.5, 0.6) is 0 Å². The lowest BCUT2D eigenvalue weighted by Crippen LogP contribution is -2.15. The van der Waals surface area contributed by atoms with E-state index in [0.29, 0.717) is 17.0 Å². The van der Waals surface area contributed by atoms with Gasteiger partial charge in [-0.2, -0.15) is 0 Å². The molecule has 2 aromatic carbocycles. The number of rotatable bonds is 3. The first kappa shape index (κ1) is 14.0. The maximum atomic E-state index is 13.9. The SMILES string of the molecule is NC(Cc1c(F)cccc1Cl)c1cccc2cccnc12. The van der Waals surface area contributed by atoms with E-state index in [1.807, 2.05) is 30.3 Å². The summed E-state index contributed by atoms with van der Waals surface area (Å²) >= 11 is 6.07. The van der Waals surface area contributed by atoms with Crippen molar-refractivity contribution >= 4 is 22.5 Å². The van der Waals surface area contributed by atoms with Gasteiger partial charge in [-0.25, -0.2) is 4.39 Å². The van der Waals surface area contributed by atoms with Crippen molar-refractivity contribution in [3.63, 3.8) is 0 Å². The minimum absolute atomic E-state index is 0.328. The number of hydrogen-bond donors (Lipinski definition) is 1. The van der Waals surface area contributed by atoms with Gasteiger partial charge in [-0.05, 0) is 30.2 Å². The Hall–Kier alpha value is -1.97. The summed E-state index contributed by atoms with van der Waals surface area (Å²) in [7, 11) is 0. The van der Waals surface area contributed by atoms with Gasteiger partial charge < -0.3 is 5.73 Å². The summed E-state index contributed by atoms with van der Waals surface area (Å²) in [5.41, 5.74) is 8.45. The highest BCUT2D eigenvalue weighted by molar-refractivity contribution is 6.31. The number of nitrogens with zero attached hydrogens (tertiary/aromatic N) is 1. The molecule has 3 rings (SSSR count). The standard InChI is InChI=1S/C17H14ClFN2/c18-14-7-2-8-15(19)13(14)10-16(20)12-6-1-4-11-5-3-9-21-17(11)12/h1-9,16H,10,20H2. The quantitative estimate of drug-likeness (QED) is 0.784. The highest BCUT2D eigenvalue weighted by Crippen LogP contribution is 2.27. The Kier molecular flexibility index (Phi) is 3.86. The zero-order valence-corrected chi connectivity index (χ0v) is 12.0. The molecule has 4 heteroatoms. The molecule has 0 saturated heterocycles. The van der Waals surface area contributed by atoms with E-state index >= 15 is 0 Å². The van der Waals surface area contributed by atoms with Crippen LogP contribution in [0.3, 0.4) is 0 Å². The average Bonchev–Trinajstić information content (AvgIpc) is 2.50. The van der Waals surface area contributed by atoms with Crippen molar-refractivity contribution in [2.24, 2.45) is 5.73 Å². The third-order valence-corrected chi connectivity index (χ3v) is 3.90. The molecule has 0 amide bonds. The number of fused-ring (bicyclic) bond motifs is 1. The van der Waals surface area contributed by atoms with Crippen molar-refractivity contribution in [3.05, 3.63) is 76.7 Å². The summed E-state index contributed by atoms with van der Waals surface area (Å²) in [4.78, 5) is 4.38. The van der Waals surface area contributed by atoms with Gasteiger partial charge >= 0.3 is 0 Å². The van der Waals surface area contributed by atoms with E-state index in [2.05, 4.69) is 4.98 Å². The summed E-state index contributed by atoms with van der Waals surface area (Å²) < 4.78 is 13.9. The van der Waals surface area contributed by atoms with Crippen LogP contribution in [0, 0.1) is 5.82 Å². The zero-order chi connectivity index (χ0) is 14.8. The van der Waals surface area contributed by atoms with Crippen molar-refractivity contribution in [2.75, 3.05) is 0 Å². The van der Waals surface area contributed by atoms with E-state index in [9.17, 15) is 4.39 Å². The van der Waals surface area contributed by atoms with Crippen molar-refractivity contribution in [2.45, 2.75) is 12.5 Å². The van der Waals surface area contributed by atoms with Crippen LogP contribution in [0.1, 0.15) is 17.2 Å². The maximum Gasteiger partial charge on any atom is 0.127 e. The van der Waals surface area contributed by atoms with E-state index in [1.165, 1.54) is 6.07 Å². The average molecular weight is 301 g/mol. The van der Waals surface area contributed by atoms with Crippen LogP contribution in [0.2, 0.25) is 5.02 Å². The van der Waals surface area contributed by atoms with E-state index in [0.717, 1.165) is 16.5 Å². The molecule has 106 valence electrons. The van der Waals surface area contributed by atoms with Gasteiger partial charge in [-0.15, -0.1) is 0 Å². The minimum Gasteiger partial charge on any atom is -0.324 e. The molecule has 0 saturated carbocycles. The Morgan fingerprint density at radius 3 is 2.67 bits per heavy atom. The Morgan fingerprint density at radius 2 is 1.86 bits per heavy atom. The monoisotopic (exact) mass is 300 g/mol. The summed E-state index contributed by atoms with van der Waals surface area (Å²) in [6.45, 7) is 0. The number of para-hydroxylation sites is 1. The van der Waals surface area contributed by atoms with Gasteiger partial charge in [-0.3, -0.25) is 4.98 Å². The second kappa shape index (κ2) is 5.80. The molecular formula is C17H14ClFN2. The fraction of sp³-hybridized carbons (Fsp3) is 0.118. The van der Waals surface area contributed by atoms with Crippen molar-refractivity contribution in [3.8, 4) is 0 Å². The first-order chi connectivity index (χ1) is 10.2. The lowest BCUT2D eigenvalue weighted by Gasteiger charge is -2.15. The molecule has 1 heterocycles. The first-order valence-electron chi connectivity index (χ1n) is 6.69. The van der Waals surface area contributed by atoms with Gasteiger partial charge in [0.2, 0.25) is 0 Å². The normalized spacial score (nSPS) is 12.5. The van der Waals surface area contributed by atoms with E-state index < -0.39 is 0 Å². The second-order valence-electron chi connectivity index (χ2n) is 4.93. The van der Waals surface area contributed by atoms with Crippen LogP contribution in [0.25, 0.3) is 10.9 Å². The number of halogens is 2. The fourth-order valence-corrected chi connectivity index (χ4v) is 2.72. The molecule has 0 spiro atoms. The van der Waals surface area contributed by atoms with Crippen molar-refractivity contribution < 1.29 is 4.39 Å². The van der Waals surface area contributed by atoms with E-state index in [1.54, 1.807) is 18.3 Å². The van der Waals surface area contributed by atoms with Gasteiger partial charge in [0.25, 0.3) is 0 Å². The van der Waals surface area contributed by atoms with Crippen molar-refractivity contribution in [1.82, 2.24) is 4.98 Å². The Labute approximate surface area is 127 Å². The number of hydrogen-bond acceptors (Lipinski definition) is 2. The van der Waals surface area contributed by atoms with E-state index in [4.69, 9.17) is 17.3 Å². The molecule has 1 aromatic heterocycles. The summed E-state index contributed by atoms with van der Waals surface area (Å²) in [5.74, 6) is -0.328. The first-order valence-corrected chi connectivity index (χ1v) is 7.06. The lowest BCUT2D eigenvalue weighted by atomic mass is 9.97. The van der Waals surface area contributed by atoms with Gasteiger partial charge in [-0.1, -0.05) is 41.9 Å².